The van der Waals surface area contributed by atoms with Crippen LogP contribution in [0.5, 0.6) is 0 Å². The lowest BCUT2D eigenvalue weighted by molar-refractivity contribution is 0.263. The highest BCUT2D eigenvalue weighted by molar-refractivity contribution is 7.91. The Balaban J connectivity index is 2.10. The smallest absolute Gasteiger partial charge is 0.252 e. The predicted octanol–water partition coefficient (Wildman–Crippen LogP) is 1.66. The van der Waals surface area contributed by atoms with E-state index < -0.39 is 10.0 Å². The number of sulfonamides is 1. The van der Waals surface area contributed by atoms with Gasteiger partial charge in [-0.1, -0.05) is 6.42 Å². The lowest BCUT2D eigenvalue weighted by atomic mass is 9.86. The van der Waals surface area contributed by atoms with Crippen molar-refractivity contribution in [2.45, 2.75) is 30.1 Å². The summed E-state index contributed by atoms with van der Waals surface area (Å²) < 4.78 is 26.1. The molecule has 0 radical (unpaired) electrons. The van der Waals surface area contributed by atoms with Crippen molar-refractivity contribution < 1.29 is 13.5 Å². The van der Waals surface area contributed by atoms with Crippen LogP contribution in [-0.2, 0) is 16.6 Å². The maximum absolute atomic E-state index is 12.2. The summed E-state index contributed by atoms with van der Waals surface area (Å²) in [6.07, 6.45) is 3.48. The van der Waals surface area contributed by atoms with Gasteiger partial charge in [-0.05, 0) is 30.9 Å². The number of rotatable bonds is 5. The Morgan fingerprint density at radius 2 is 2.18 bits per heavy atom. The third-order valence-electron chi connectivity index (χ3n) is 3.20. The Labute approximate surface area is 106 Å². The van der Waals surface area contributed by atoms with Crippen LogP contribution in [0.4, 0.5) is 0 Å². The van der Waals surface area contributed by atoms with Crippen LogP contribution in [0, 0.1) is 5.92 Å². The minimum atomic E-state index is -3.36. The van der Waals surface area contributed by atoms with Gasteiger partial charge in [-0.15, -0.1) is 11.3 Å². The molecule has 17 heavy (non-hydrogen) atoms. The topological polar surface area (TPSA) is 57.6 Å². The summed E-state index contributed by atoms with van der Waals surface area (Å²) in [4.78, 5) is 0.681. The lowest BCUT2D eigenvalue weighted by Gasteiger charge is -2.29. The standard InChI is InChI=1S/C11H17NO3S2/c1-12(7-9-3-2-4-9)17(14,15)11-6-5-10(8-13)16-11/h5-6,9,13H,2-4,7-8H2,1H3. The molecule has 0 amide bonds. The van der Waals surface area contributed by atoms with Crippen LogP contribution in [0.15, 0.2) is 16.3 Å². The normalized spacial score (nSPS) is 17.4. The van der Waals surface area contributed by atoms with Gasteiger partial charge in [0.2, 0.25) is 0 Å². The van der Waals surface area contributed by atoms with E-state index in [-0.39, 0.29) is 6.61 Å². The van der Waals surface area contributed by atoms with Crippen molar-refractivity contribution in [3.05, 3.63) is 17.0 Å². The number of aliphatic hydroxyl groups is 1. The van der Waals surface area contributed by atoms with Gasteiger partial charge in [0.25, 0.3) is 10.0 Å². The van der Waals surface area contributed by atoms with Crippen molar-refractivity contribution in [3.8, 4) is 0 Å². The molecule has 0 atom stereocenters. The van der Waals surface area contributed by atoms with Gasteiger partial charge in [-0.2, -0.15) is 4.31 Å². The Kier molecular flexibility index (Phi) is 3.87. The van der Waals surface area contributed by atoms with Gasteiger partial charge in [0.05, 0.1) is 6.61 Å². The molecule has 6 heteroatoms. The summed E-state index contributed by atoms with van der Waals surface area (Å²) in [5.74, 6) is 0.520. The molecule has 1 aliphatic carbocycles. The van der Waals surface area contributed by atoms with Crippen LogP contribution in [0.2, 0.25) is 0 Å². The molecule has 0 spiro atoms. The highest BCUT2D eigenvalue weighted by atomic mass is 32.2. The molecule has 1 N–H and O–H groups in total. The van der Waals surface area contributed by atoms with E-state index in [2.05, 4.69) is 0 Å². The Morgan fingerprint density at radius 3 is 2.65 bits per heavy atom. The molecule has 1 fully saturated rings. The quantitative estimate of drug-likeness (QED) is 0.889. The lowest BCUT2D eigenvalue weighted by Crippen LogP contribution is -2.33. The second-order valence-electron chi connectivity index (χ2n) is 4.46. The molecular formula is C11H17NO3S2. The Hall–Kier alpha value is -0.430. The average Bonchev–Trinajstić information content (AvgIpc) is 2.71. The maximum atomic E-state index is 12.2. The first-order chi connectivity index (χ1) is 8.04. The SMILES string of the molecule is CN(CC1CCC1)S(=O)(=O)c1ccc(CO)s1. The first-order valence-corrected chi connectivity index (χ1v) is 7.95. The van der Waals surface area contributed by atoms with Crippen molar-refractivity contribution in [2.24, 2.45) is 5.92 Å². The molecule has 2 rings (SSSR count). The summed E-state index contributed by atoms with van der Waals surface area (Å²) in [6, 6.07) is 3.23. The minimum absolute atomic E-state index is 0.105. The van der Waals surface area contributed by atoms with Gasteiger partial charge in [0.15, 0.2) is 0 Å². The van der Waals surface area contributed by atoms with Gasteiger partial charge in [-0.25, -0.2) is 8.42 Å². The zero-order valence-electron chi connectivity index (χ0n) is 9.80. The molecule has 0 unspecified atom stereocenters. The highest BCUT2D eigenvalue weighted by Crippen LogP contribution is 2.30. The van der Waals surface area contributed by atoms with Gasteiger partial charge in [-0.3, -0.25) is 0 Å². The monoisotopic (exact) mass is 275 g/mol. The van der Waals surface area contributed by atoms with Crippen molar-refractivity contribution in [1.82, 2.24) is 4.31 Å². The van der Waals surface area contributed by atoms with Crippen LogP contribution in [0.3, 0.4) is 0 Å². The molecule has 0 aromatic carbocycles. The maximum Gasteiger partial charge on any atom is 0.252 e. The van der Waals surface area contributed by atoms with Crippen LogP contribution in [-0.4, -0.2) is 31.4 Å². The van der Waals surface area contributed by atoms with E-state index in [4.69, 9.17) is 5.11 Å². The van der Waals surface area contributed by atoms with Gasteiger partial charge >= 0.3 is 0 Å². The summed E-state index contributed by atoms with van der Waals surface area (Å²) in [5.41, 5.74) is 0. The van der Waals surface area contributed by atoms with Gasteiger partial charge in [0, 0.05) is 18.5 Å². The summed E-state index contributed by atoms with van der Waals surface area (Å²) in [6.45, 7) is 0.501. The third kappa shape index (κ3) is 2.70. The first kappa shape index (κ1) is 13.0. The van der Waals surface area contributed by atoms with E-state index in [0.29, 0.717) is 21.5 Å². The second kappa shape index (κ2) is 5.06. The van der Waals surface area contributed by atoms with Crippen LogP contribution >= 0.6 is 11.3 Å². The Bertz CT molecular complexity index is 477. The molecule has 1 heterocycles. The molecule has 1 aromatic rings. The Morgan fingerprint density at radius 1 is 1.47 bits per heavy atom. The fraction of sp³-hybridized carbons (Fsp3) is 0.636. The zero-order valence-corrected chi connectivity index (χ0v) is 11.4. The summed E-state index contributed by atoms with van der Waals surface area (Å²) in [5, 5.41) is 8.95. The fourth-order valence-electron chi connectivity index (χ4n) is 1.87. The number of hydrogen-bond donors (Lipinski definition) is 1. The molecule has 0 bridgehead atoms. The summed E-state index contributed by atoms with van der Waals surface area (Å²) in [7, 11) is -1.73. The molecule has 1 saturated carbocycles. The molecule has 96 valence electrons. The van der Waals surface area contributed by atoms with E-state index in [1.807, 2.05) is 0 Å². The number of nitrogens with zero attached hydrogens (tertiary/aromatic N) is 1. The number of aliphatic hydroxyl groups excluding tert-OH is 1. The fourth-order valence-corrected chi connectivity index (χ4v) is 4.55. The number of thiophene rings is 1. The van der Waals surface area contributed by atoms with E-state index in [1.54, 1.807) is 19.2 Å². The average molecular weight is 275 g/mol. The molecule has 0 aliphatic heterocycles. The van der Waals surface area contributed by atoms with Crippen molar-refractivity contribution in [1.29, 1.82) is 0 Å². The highest BCUT2D eigenvalue weighted by Gasteiger charge is 2.27. The summed E-state index contributed by atoms with van der Waals surface area (Å²) >= 11 is 1.14. The molecule has 1 aliphatic rings. The molecule has 4 nitrogen and oxygen atoms in total. The van der Waals surface area contributed by atoms with Crippen molar-refractivity contribution in [3.63, 3.8) is 0 Å². The van der Waals surface area contributed by atoms with E-state index >= 15 is 0 Å². The van der Waals surface area contributed by atoms with E-state index in [9.17, 15) is 8.42 Å². The second-order valence-corrected chi connectivity index (χ2v) is 7.90. The molecule has 0 saturated heterocycles. The van der Waals surface area contributed by atoms with Crippen LogP contribution < -0.4 is 0 Å². The van der Waals surface area contributed by atoms with E-state index in [1.165, 1.54) is 10.7 Å². The minimum Gasteiger partial charge on any atom is -0.391 e. The number of hydrogen-bond acceptors (Lipinski definition) is 4. The zero-order chi connectivity index (χ0) is 12.5. The van der Waals surface area contributed by atoms with E-state index in [0.717, 1.165) is 24.2 Å². The van der Waals surface area contributed by atoms with Gasteiger partial charge < -0.3 is 5.11 Å². The van der Waals surface area contributed by atoms with Crippen molar-refractivity contribution >= 4 is 21.4 Å². The molecular weight excluding hydrogens is 258 g/mol. The van der Waals surface area contributed by atoms with Gasteiger partial charge in [0.1, 0.15) is 4.21 Å². The predicted molar refractivity (Wildman–Crippen MR) is 67.4 cm³/mol. The van der Waals surface area contributed by atoms with Crippen LogP contribution in [0.25, 0.3) is 0 Å². The largest absolute Gasteiger partial charge is 0.391 e. The van der Waals surface area contributed by atoms with Crippen molar-refractivity contribution in [2.75, 3.05) is 13.6 Å². The molecule has 1 aromatic heterocycles. The van der Waals surface area contributed by atoms with Crippen LogP contribution in [0.1, 0.15) is 24.1 Å². The first-order valence-electron chi connectivity index (χ1n) is 5.70. The third-order valence-corrected chi connectivity index (χ3v) is 6.56.